The second-order valence-electron chi connectivity index (χ2n) is 6.56. The van der Waals surface area contributed by atoms with E-state index in [9.17, 15) is 17.6 Å². The Labute approximate surface area is 170 Å². The minimum absolute atomic E-state index is 0.0158. The van der Waals surface area contributed by atoms with Gasteiger partial charge in [-0.25, -0.2) is 9.37 Å². The molecule has 7 heteroatoms. The number of rotatable bonds is 4. The van der Waals surface area contributed by atoms with Gasteiger partial charge in [-0.05, 0) is 42.0 Å². The summed E-state index contributed by atoms with van der Waals surface area (Å²) in [5.74, 6) is 0.297. The van der Waals surface area contributed by atoms with Crippen LogP contribution >= 0.6 is 0 Å². The Kier molecular flexibility index (Phi) is 5.03. The summed E-state index contributed by atoms with van der Waals surface area (Å²) in [6.45, 7) is 0. The SMILES string of the molecule is COc1ccc(F)c(-c2ccc(-n3ccnc3-c3ccccc3C(F)(F)F)cc2)c1. The Morgan fingerprint density at radius 1 is 0.900 bits per heavy atom. The first-order chi connectivity index (χ1) is 14.4. The van der Waals surface area contributed by atoms with Crippen LogP contribution in [0.2, 0.25) is 0 Å². The highest BCUT2D eigenvalue weighted by atomic mass is 19.4. The zero-order chi connectivity index (χ0) is 21.3. The van der Waals surface area contributed by atoms with E-state index in [1.165, 1.54) is 43.6 Å². The predicted molar refractivity (Wildman–Crippen MR) is 106 cm³/mol. The highest BCUT2D eigenvalue weighted by molar-refractivity contribution is 5.68. The van der Waals surface area contributed by atoms with E-state index < -0.39 is 17.6 Å². The maximum absolute atomic E-state index is 14.2. The van der Waals surface area contributed by atoms with Crippen molar-refractivity contribution in [2.75, 3.05) is 7.11 Å². The van der Waals surface area contributed by atoms with Crippen molar-refractivity contribution in [3.8, 4) is 34.0 Å². The molecule has 0 fully saturated rings. The van der Waals surface area contributed by atoms with Crippen molar-refractivity contribution in [2.45, 2.75) is 6.18 Å². The summed E-state index contributed by atoms with van der Waals surface area (Å²) in [4.78, 5) is 4.14. The highest BCUT2D eigenvalue weighted by Gasteiger charge is 2.34. The van der Waals surface area contributed by atoms with Crippen LogP contribution < -0.4 is 4.74 Å². The van der Waals surface area contributed by atoms with E-state index in [0.717, 1.165) is 6.07 Å². The van der Waals surface area contributed by atoms with E-state index in [-0.39, 0.29) is 11.4 Å². The van der Waals surface area contributed by atoms with Crippen molar-refractivity contribution in [3.63, 3.8) is 0 Å². The smallest absolute Gasteiger partial charge is 0.417 e. The molecule has 152 valence electrons. The summed E-state index contributed by atoms with van der Waals surface area (Å²) < 4.78 is 61.2. The molecule has 0 spiro atoms. The molecule has 0 amide bonds. The van der Waals surface area contributed by atoms with Gasteiger partial charge < -0.3 is 4.74 Å². The number of halogens is 4. The monoisotopic (exact) mass is 412 g/mol. The number of imidazole rings is 1. The molecule has 1 aromatic heterocycles. The molecule has 0 aliphatic carbocycles. The molecule has 4 rings (SSSR count). The molecule has 0 saturated heterocycles. The third-order valence-electron chi connectivity index (χ3n) is 4.74. The molecule has 0 radical (unpaired) electrons. The zero-order valence-electron chi connectivity index (χ0n) is 15.8. The molecule has 0 atom stereocenters. The molecular weight excluding hydrogens is 396 g/mol. The number of hydrogen-bond acceptors (Lipinski definition) is 2. The summed E-state index contributed by atoms with van der Waals surface area (Å²) in [5, 5.41) is 0. The van der Waals surface area contributed by atoms with Gasteiger partial charge in [-0.2, -0.15) is 13.2 Å². The molecule has 0 aliphatic heterocycles. The van der Waals surface area contributed by atoms with Crippen molar-refractivity contribution in [3.05, 3.63) is 90.5 Å². The number of aromatic nitrogens is 2. The van der Waals surface area contributed by atoms with Gasteiger partial charge in [0.1, 0.15) is 17.4 Å². The average molecular weight is 412 g/mol. The molecule has 0 unspecified atom stereocenters. The minimum Gasteiger partial charge on any atom is -0.497 e. The molecule has 1 heterocycles. The van der Waals surface area contributed by atoms with Gasteiger partial charge in [-0.1, -0.05) is 30.3 Å². The standard InChI is InChI=1S/C23H16F4N2O/c1-30-17-10-11-21(24)19(14-17)15-6-8-16(9-7-15)29-13-12-28-22(29)18-4-2-3-5-20(18)23(25,26)27/h2-14H,1H3. The van der Waals surface area contributed by atoms with Crippen LogP contribution in [0.25, 0.3) is 28.2 Å². The Hall–Kier alpha value is -3.61. The van der Waals surface area contributed by atoms with Gasteiger partial charge in [0.15, 0.2) is 0 Å². The number of ether oxygens (including phenoxy) is 1. The Morgan fingerprint density at radius 2 is 1.63 bits per heavy atom. The zero-order valence-corrected chi connectivity index (χ0v) is 15.8. The van der Waals surface area contributed by atoms with Gasteiger partial charge in [-0.3, -0.25) is 4.57 Å². The first kappa shape index (κ1) is 19.7. The second kappa shape index (κ2) is 7.67. The van der Waals surface area contributed by atoms with Crippen molar-refractivity contribution in [1.82, 2.24) is 9.55 Å². The van der Waals surface area contributed by atoms with Crippen LogP contribution in [0.1, 0.15) is 5.56 Å². The van der Waals surface area contributed by atoms with Crippen molar-refractivity contribution >= 4 is 0 Å². The number of methoxy groups -OCH3 is 1. The molecule has 0 aliphatic rings. The molecule has 3 nitrogen and oxygen atoms in total. The van der Waals surface area contributed by atoms with Crippen molar-refractivity contribution in [1.29, 1.82) is 0 Å². The fourth-order valence-electron chi connectivity index (χ4n) is 3.29. The van der Waals surface area contributed by atoms with Crippen LogP contribution in [0.4, 0.5) is 17.6 Å². The van der Waals surface area contributed by atoms with Crippen LogP contribution in [0.5, 0.6) is 5.75 Å². The fraction of sp³-hybridized carbons (Fsp3) is 0.0870. The summed E-state index contributed by atoms with van der Waals surface area (Å²) in [6, 6.07) is 16.6. The van der Waals surface area contributed by atoms with E-state index in [0.29, 0.717) is 22.6 Å². The van der Waals surface area contributed by atoms with Crippen molar-refractivity contribution in [2.24, 2.45) is 0 Å². The fourth-order valence-corrected chi connectivity index (χ4v) is 3.29. The maximum atomic E-state index is 14.2. The summed E-state index contributed by atoms with van der Waals surface area (Å²) in [6.07, 6.45) is -1.47. The Balaban J connectivity index is 1.75. The van der Waals surface area contributed by atoms with E-state index in [1.54, 1.807) is 41.1 Å². The number of benzene rings is 3. The van der Waals surface area contributed by atoms with Gasteiger partial charge in [0, 0.05) is 29.2 Å². The predicted octanol–water partition coefficient (Wildman–Crippen LogP) is 6.37. The molecule has 4 aromatic rings. The lowest BCUT2D eigenvalue weighted by atomic mass is 10.0. The topological polar surface area (TPSA) is 27.1 Å². The van der Waals surface area contributed by atoms with Gasteiger partial charge in [0.05, 0.1) is 12.7 Å². The molecule has 0 bridgehead atoms. The summed E-state index contributed by atoms with van der Waals surface area (Å²) in [7, 11) is 1.50. The number of hydrogen-bond donors (Lipinski definition) is 0. The van der Waals surface area contributed by atoms with Crippen LogP contribution in [-0.4, -0.2) is 16.7 Å². The average Bonchev–Trinajstić information content (AvgIpc) is 3.23. The van der Waals surface area contributed by atoms with Crippen LogP contribution in [-0.2, 0) is 6.18 Å². The van der Waals surface area contributed by atoms with Crippen LogP contribution in [0, 0.1) is 5.82 Å². The molecular formula is C23H16F4N2O. The normalized spacial score (nSPS) is 11.5. The van der Waals surface area contributed by atoms with Gasteiger partial charge in [0.25, 0.3) is 0 Å². The van der Waals surface area contributed by atoms with E-state index >= 15 is 0 Å². The van der Waals surface area contributed by atoms with E-state index in [1.807, 2.05) is 0 Å². The number of alkyl halides is 3. The van der Waals surface area contributed by atoms with Crippen LogP contribution in [0.15, 0.2) is 79.1 Å². The Morgan fingerprint density at radius 3 is 2.33 bits per heavy atom. The summed E-state index contributed by atoms with van der Waals surface area (Å²) >= 11 is 0. The van der Waals surface area contributed by atoms with Gasteiger partial charge >= 0.3 is 6.18 Å². The lowest BCUT2D eigenvalue weighted by Gasteiger charge is -2.14. The molecule has 30 heavy (non-hydrogen) atoms. The first-order valence-electron chi connectivity index (χ1n) is 9.03. The lowest BCUT2D eigenvalue weighted by molar-refractivity contribution is -0.137. The third kappa shape index (κ3) is 3.66. The minimum atomic E-state index is -4.50. The number of nitrogens with zero attached hydrogens (tertiary/aromatic N) is 2. The van der Waals surface area contributed by atoms with Gasteiger partial charge in [-0.15, -0.1) is 0 Å². The van der Waals surface area contributed by atoms with E-state index in [2.05, 4.69) is 4.98 Å². The third-order valence-corrected chi connectivity index (χ3v) is 4.74. The maximum Gasteiger partial charge on any atom is 0.417 e. The van der Waals surface area contributed by atoms with Gasteiger partial charge in [0.2, 0.25) is 0 Å². The second-order valence-corrected chi connectivity index (χ2v) is 6.56. The van der Waals surface area contributed by atoms with Crippen molar-refractivity contribution < 1.29 is 22.3 Å². The highest BCUT2D eigenvalue weighted by Crippen LogP contribution is 2.37. The van der Waals surface area contributed by atoms with E-state index in [4.69, 9.17) is 4.74 Å². The first-order valence-corrected chi connectivity index (χ1v) is 9.03. The quantitative estimate of drug-likeness (QED) is 0.364. The lowest BCUT2D eigenvalue weighted by Crippen LogP contribution is -2.08. The molecule has 0 saturated carbocycles. The Bertz CT molecular complexity index is 1180. The summed E-state index contributed by atoms with van der Waals surface area (Å²) in [5.41, 5.74) is 0.818. The largest absolute Gasteiger partial charge is 0.497 e. The molecule has 0 N–H and O–H groups in total. The molecule has 3 aromatic carbocycles. The van der Waals surface area contributed by atoms with Crippen LogP contribution in [0.3, 0.4) is 0 Å².